The van der Waals surface area contributed by atoms with E-state index in [-0.39, 0.29) is 17.4 Å². The van der Waals surface area contributed by atoms with Gasteiger partial charge in [0.2, 0.25) is 5.28 Å². The Morgan fingerprint density at radius 2 is 2.09 bits per heavy atom. The fraction of sp³-hybridized carbons (Fsp3) is 0.667. The molecule has 1 saturated heterocycles. The highest BCUT2D eigenvalue weighted by molar-refractivity contribution is 6.32. The van der Waals surface area contributed by atoms with Gasteiger partial charge in [0.15, 0.2) is 0 Å². The van der Waals surface area contributed by atoms with Crippen molar-refractivity contribution in [2.45, 2.75) is 45.9 Å². The zero-order valence-corrected chi connectivity index (χ0v) is 15.4. The van der Waals surface area contributed by atoms with E-state index in [1.54, 1.807) is 11.1 Å². The van der Waals surface area contributed by atoms with E-state index in [0.717, 1.165) is 18.7 Å². The Bertz CT molecular complexity index is 577. The maximum atomic E-state index is 12.2. The molecule has 1 aromatic heterocycles. The lowest BCUT2D eigenvalue weighted by Gasteiger charge is -2.40. The summed E-state index contributed by atoms with van der Waals surface area (Å²) in [5.41, 5.74) is 0.344. The quantitative estimate of drug-likeness (QED) is 0.598. The lowest BCUT2D eigenvalue weighted by molar-refractivity contribution is 0.000539. The van der Waals surface area contributed by atoms with Gasteiger partial charge in [-0.3, -0.25) is 4.90 Å². The van der Waals surface area contributed by atoms with Crippen molar-refractivity contribution < 1.29 is 9.53 Å². The normalized spacial score (nSPS) is 19.7. The van der Waals surface area contributed by atoms with Crippen LogP contribution < -0.4 is 0 Å². The zero-order chi connectivity index (χ0) is 17.2. The lowest BCUT2D eigenvalue weighted by atomic mass is 10.1. The molecule has 6 nitrogen and oxygen atoms in total. The third kappa shape index (κ3) is 5.19. The van der Waals surface area contributed by atoms with Gasteiger partial charge in [-0.2, -0.15) is 0 Å². The van der Waals surface area contributed by atoms with E-state index in [4.69, 9.17) is 27.9 Å². The van der Waals surface area contributed by atoms with Crippen LogP contribution in [0.5, 0.6) is 0 Å². The second-order valence-electron chi connectivity index (χ2n) is 6.71. The Kier molecular flexibility index (Phi) is 5.70. The van der Waals surface area contributed by atoms with Crippen LogP contribution in [-0.4, -0.2) is 57.1 Å². The molecule has 1 atom stereocenters. The molecule has 2 heterocycles. The molecule has 0 unspecified atom stereocenters. The van der Waals surface area contributed by atoms with E-state index in [1.165, 1.54) is 0 Å². The summed E-state index contributed by atoms with van der Waals surface area (Å²) in [6.07, 6.45) is 1.38. The van der Waals surface area contributed by atoms with Gasteiger partial charge >= 0.3 is 6.09 Å². The number of amides is 1. The van der Waals surface area contributed by atoms with Gasteiger partial charge in [0.25, 0.3) is 0 Å². The Morgan fingerprint density at radius 3 is 2.65 bits per heavy atom. The summed E-state index contributed by atoms with van der Waals surface area (Å²) in [7, 11) is 0. The van der Waals surface area contributed by atoms with Crippen molar-refractivity contribution in [1.29, 1.82) is 0 Å². The molecule has 1 aromatic rings. The second kappa shape index (κ2) is 7.20. The van der Waals surface area contributed by atoms with Gasteiger partial charge in [-0.05, 0) is 39.3 Å². The van der Waals surface area contributed by atoms with Crippen molar-refractivity contribution in [1.82, 2.24) is 19.8 Å². The van der Waals surface area contributed by atoms with E-state index in [9.17, 15) is 4.79 Å². The van der Waals surface area contributed by atoms with E-state index in [0.29, 0.717) is 18.2 Å². The predicted molar refractivity (Wildman–Crippen MR) is 89.7 cm³/mol. The van der Waals surface area contributed by atoms with Gasteiger partial charge in [0.05, 0.1) is 0 Å². The highest BCUT2D eigenvalue weighted by Gasteiger charge is 2.31. The third-order valence-corrected chi connectivity index (χ3v) is 4.03. The molecular weight excluding hydrogens is 339 g/mol. The molecular formula is C15H22Cl2N4O2. The van der Waals surface area contributed by atoms with Crippen LogP contribution in [0, 0.1) is 0 Å². The number of nitrogens with zero attached hydrogens (tertiary/aromatic N) is 4. The minimum atomic E-state index is -0.484. The van der Waals surface area contributed by atoms with Crippen LogP contribution in [0.15, 0.2) is 6.20 Å². The summed E-state index contributed by atoms with van der Waals surface area (Å²) in [6, 6.07) is 0.0607. The molecule has 1 aliphatic rings. The van der Waals surface area contributed by atoms with Crippen LogP contribution in [0.2, 0.25) is 10.4 Å². The number of hydrogen-bond acceptors (Lipinski definition) is 5. The maximum Gasteiger partial charge on any atom is 0.410 e. The highest BCUT2D eigenvalue weighted by Crippen LogP contribution is 2.20. The van der Waals surface area contributed by atoms with Crippen molar-refractivity contribution in [3.8, 4) is 0 Å². The topological polar surface area (TPSA) is 58.6 Å². The molecule has 2 rings (SSSR count). The van der Waals surface area contributed by atoms with Crippen LogP contribution in [-0.2, 0) is 11.3 Å². The zero-order valence-electron chi connectivity index (χ0n) is 13.8. The first kappa shape index (κ1) is 18.2. The van der Waals surface area contributed by atoms with Crippen molar-refractivity contribution in [3.63, 3.8) is 0 Å². The first-order chi connectivity index (χ1) is 10.7. The molecule has 0 N–H and O–H groups in total. The summed E-state index contributed by atoms with van der Waals surface area (Å²) < 4.78 is 5.45. The highest BCUT2D eigenvalue weighted by atomic mass is 35.5. The Hall–Kier alpha value is -1.11. The number of rotatable bonds is 2. The van der Waals surface area contributed by atoms with Gasteiger partial charge < -0.3 is 9.64 Å². The molecule has 8 heteroatoms. The van der Waals surface area contributed by atoms with Crippen molar-refractivity contribution in [2.24, 2.45) is 0 Å². The number of aromatic nitrogens is 2. The molecule has 0 bridgehead atoms. The molecule has 1 fully saturated rings. The monoisotopic (exact) mass is 360 g/mol. The molecule has 0 aromatic carbocycles. The minimum Gasteiger partial charge on any atom is -0.444 e. The Morgan fingerprint density at radius 1 is 1.39 bits per heavy atom. The van der Waals surface area contributed by atoms with Crippen LogP contribution >= 0.6 is 23.2 Å². The van der Waals surface area contributed by atoms with Crippen molar-refractivity contribution in [3.05, 3.63) is 22.2 Å². The molecule has 23 heavy (non-hydrogen) atoms. The summed E-state index contributed by atoms with van der Waals surface area (Å²) in [5.74, 6) is 0. The second-order valence-corrected chi connectivity index (χ2v) is 7.41. The van der Waals surface area contributed by atoms with Crippen LogP contribution in [0.1, 0.15) is 33.3 Å². The Labute approximate surface area is 146 Å². The smallest absolute Gasteiger partial charge is 0.410 e. The molecule has 0 saturated carbocycles. The van der Waals surface area contributed by atoms with Gasteiger partial charge in [-0.25, -0.2) is 14.8 Å². The van der Waals surface area contributed by atoms with Gasteiger partial charge in [-0.1, -0.05) is 11.6 Å². The fourth-order valence-electron chi connectivity index (χ4n) is 2.48. The van der Waals surface area contributed by atoms with Gasteiger partial charge in [0, 0.05) is 44.0 Å². The molecule has 1 amide bonds. The van der Waals surface area contributed by atoms with E-state index in [2.05, 4.69) is 14.9 Å². The average molecular weight is 361 g/mol. The summed E-state index contributed by atoms with van der Waals surface area (Å²) in [5, 5.41) is 0.508. The fourth-order valence-corrected chi connectivity index (χ4v) is 2.85. The third-order valence-electron chi connectivity index (χ3n) is 3.52. The van der Waals surface area contributed by atoms with Crippen molar-refractivity contribution in [2.75, 3.05) is 19.6 Å². The van der Waals surface area contributed by atoms with Crippen LogP contribution in [0.3, 0.4) is 0 Å². The maximum absolute atomic E-state index is 12.2. The van der Waals surface area contributed by atoms with E-state index in [1.807, 2.05) is 27.7 Å². The number of piperazine rings is 1. The SMILES string of the molecule is C[C@H]1CN(Cc2cnc(Cl)nc2Cl)CCN1C(=O)OC(C)(C)C. The molecule has 0 spiro atoms. The van der Waals surface area contributed by atoms with E-state index >= 15 is 0 Å². The molecule has 0 aliphatic carbocycles. The van der Waals surface area contributed by atoms with E-state index < -0.39 is 5.60 Å². The van der Waals surface area contributed by atoms with Crippen LogP contribution in [0.4, 0.5) is 4.79 Å². The number of ether oxygens (including phenoxy) is 1. The molecule has 128 valence electrons. The number of carbonyl (C=O) groups is 1. The summed E-state index contributed by atoms with van der Waals surface area (Å²) >= 11 is 11.8. The number of carbonyl (C=O) groups excluding carboxylic acids is 1. The largest absolute Gasteiger partial charge is 0.444 e. The first-order valence-electron chi connectivity index (χ1n) is 7.54. The molecule has 1 aliphatic heterocycles. The average Bonchev–Trinajstić information content (AvgIpc) is 2.40. The number of halogens is 2. The standard InChI is InChI=1S/C15H22Cl2N4O2/c1-10-8-20(9-11-7-18-13(17)19-12(11)16)5-6-21(10)14(22)23-15(2,3)4/h7,10H,5-6,8-9H2,1-4H3/t10-/m0/s1. The van der Waals surface area contributed by atoms with Gasteiger partial charge in [0.1, 0.15) is 10.8 Å². The minimum absolute atomic E-state index is 0.0607. The lowest BCUT2D eigenvalue weighted by Crippen LogP contribution is -2.54. The van der Waals surface area contributed by atoms with Gasteiger partial charge in [-0.15, -0.1) is 0 Å². The summed E-state index contributed by atoms with van der Waals surface area (Å²) in [6.45, 7) is 10.3. The Balaban J connectivity index is 1.94. The molecule has 0 radical (unpaired) electrons. The summed E-state index contributed by atoms with van der Waals surface area (Å²) in [4.78, 5) is 24.1. The number of hydrogen-bond donors (Lipinski definition) is 0. The van der Waals surface area contributed by atoms with Crippen molar-refractivity contribution >= 4 is 29.3 Å². The van der Waals surface area contributed by atoms with Crippen LogP contribution in [0.25, 0.3) is 0 Å². The predicted octanol–water partition coefficient (Wildman–Crippen LogP) is 3.22. The first-order valence-corrected chi connectivity index (χ1v) is 8.30.